The number of nitrogens with zero attached hydrogens (tertiary/aromatic N) is 4. The SMILES string of the molecule is CC(C)(C)OC(=O)N1CCN(C(=O)c2csc(-c3ccccc3)n2)C(COc2cccnc2)C1.O=C(O)C(F)(F)F. The van der Waals surface area contributed by atoms with Crippen molar-refractivity contribution in [2.75, 3.05) is 26.2 Å². The first-order valence-corrected chi connectivity index (χ1v) is 13.3. The quantitative estimate of drug-likeness (QED) is 0.439. The van der Waals surface area contributed by atoms with Gasteiger partial charge in [-0.25, -0.2) is 14.6 Å². The van der Waals surface area contributed by atoms with Crippen LogP contribution in [0.1, 0.15) is 31.3 Å². The lowest BCUT2D eigenvalue weighted by atomic mass is 10.1. The van der Waals surface area contributed by atoms with Crippen molar-refractivity contribution < 1.29 is 42.1 Å². The molecule has 1 N–H and O–H groups in total. The number of aromatic nitrogens is 2. The normalized spacial score (nSPS) is 15.4. The molecular weight excluding hydrogens is 565 g/mol. The van der Waals surface area contributed by atoms with Gasteiger partial charge < -0.3 is 24.4 Å². The maximum Gasteiger partial charge on any atom is 0.490 e. The average molecular weight is 595 g/mol. The second kappa shape index (κ2) is 13.4. The average Bonchev–Trinajstić information content (AvgIpc) is 3.42. The Balaban J connectivity index is 0.000000587. The third-order valence-electron chi connectivity index (χ3n) is 5.46. The van der Waals surface area contributed by atoms with Gasteiger partial charge in [0.25, 0.3) is 5.91 Å². The van der Waals surface area contributed by atoms with E-state index in [1.165, 1.54) is 11.3 Å². The highest BCUT2D eigenvalue weighted by atomic mass is 32.1. The summed E-state index contributed by atoms with van der Waals surface area (Å²) in [5.74, 6) is -2.33. The van der Waals surface area contributed by atoms with Gasteiger partial charge in [0.2, 0.25) is 0 Å². The molecule has 4 rings (SSSR count). The predicted octanol–water partition coefficient (Wildman–Crippen LogP) is 4.98. The van der Waals surface area contributed by atoms with Gasteiger partial charge in [0.1, 0.15) is 28.7 Å². The highest BCUT2D eigenvalue weighted by Crippen LogP contribution is 2.25. The van der Waals surface area contributed by atoms with E-state index in [0.717, 1.165) is 10.6 Å². The van der Waals surface area contributed by atoms with E-state index in [2.05, 4.69) is 9.97 Å². The lowest BCUT2D eigenvalue weighted by molar-refractivity contribution is -0.192. The molecule has 0 radical (unpaired) electrons. The minimum absolute atomic E-state index is 0.179. The summed E-state index contributed by atoms with van der Waals surface area (Å²) in [7, 11) is 0. The number of alkyl halides is 3. The Hall–Kier alpha value is -4.20. The summed E-state index contributed by atoms with van der Waals surface area (Å²) in [5.41, 5.74) is 0.763. The van der Waals surface area contributed by atoms with E-state index in [1.807, 2.05) is 51.1 Å². The highest BCUT2D eigenvalue weighted by Gasteiger charge is 2.38. The Kier molecular flexibility index (Phi) is 10.3. The van der Waals surface area contributed by atoms with Crippen molar-refractivity contribution in [3.63, 3.8) is 0 Å². The number of thiazole rings is 1. The molecule has 1 unspecified atom stereocenters. The van der Waals surface area contributed by atoms with Gasteiger partial charge in [0.05, 0.1) is 12.2 Å². The summed E-state index contributed by atoms with van der Waals surface area (Å²) in [5, 5.41) is 9.70. The number of pyridine rings is 1. The summed E-state index contributed by atoms with van der Waals surface area (Å²) in [6.07, 6.45) is -2.20. The molecule has 1 saturated heterocycles. The number of aliphatic carboxylic acids is 1. The molecule has 41 heavy (non-hydrogen) atoms. The zero-order valence-corrected chi connectivity index (χ0v) is 23.3. The van der Waals surface area contributed by atoms with Crippen LogP contribution in [0.3, 0.4) is 0 Å². The number of halogens is 3. The fourth-order valence-corrected chi connectivity index (χ4v) is 4.41. The van der Waals surface area contributed by atoms with Crippen molar-refractivity contribution in [1.82, 2.24) is 19.8 Å². The lowest BCUT2D eigenvalue weighted by Crippen LogP contribution is -2.59. The van der Waals surface area contributed by atoms with E-state index in [4.69, 9.17) is 19.4 Å². The standard InChI is InChI=1S/C25H28N4O4S.C2HF3O2/c1-25(2,3)33-24(31)28-12-13-29(19(15-28)16-32-20-10-7-11-26-14-20)23(30)21-17-34-22(27-21)18-8-5-4-6-9-18;3-2(4,5)1(6)7/h4-11,14,17,19H,12-13,15-16H2,1-3H3;(H,6,7). The Labute approximate surface area is 238 Å². The van der Waals surface area contributed by atoms with Crippen LogP contribution in [0.2, 0.25) is 0 Å². The molecule has 220 valence electrons. The fourth-order valence-electron chi connectivity index (χ4n) is 3.61. The second-order valence-electron chi connectivity index (χ2n) is 9.79. The van der Waals surface area contributed by atoms with Gasteiger partial charge in [-0.05, 0) is 32.9 Å². The van der Waals surface area contributed by atoms with Crippen molar-refractivity contribution in [2.24, 2.45) is 0 Å². The molecule has 2 aromatic heterocycles. The first kappa shape index (κ1) is 31.3. The van der Waals surface area contributed by atoms with Gasteiger partial charge in [-0.2, -0.15) is 13.2 Å². The van der Waals surface area contributed by atoms with Crippen LogP contribution in [0.4, 0.5) is 18.0 Å². The molecule has 14 heteroatoms. The molecule has 0 aliphatic carbocycles. The molecule has 1 aromatic carbocycles. The van der Waals surface area contributed by atoms with Crippen LogP contribution in [0.5, 0.6) is 5.75 Å². The van der Waals surface area contributed by atoms with Gasteiger partial charge in [0.15, 0.2) is 0 Å². The van der Waals surface area contributed by atoms with Gasteiger partial charge in [-0.15, -0.1) is 11.3 Å². The highest BCUT2D eigenvalue weighted by molar-refractivity contribution is 7.13. The van der Waals surface area contributed by atoms with Crippen molar-refractivity contribution in [3.05, 3.63) is 65.9 Å². The number of benzene rings is 1. The maximum atomic E-state index is 13.4. The van der Waals surface area contributed by atoms with Crippen molar-refractivity contribution in [1.29, 1.82) is 0 Å². The smallest absolute Gasteiger partial charge is 0.490 e. The lowest BCUT2D eigenvalue weighted by Gasteiger charge is -2.41. The Morgan fingerprint density at radius 3 is 2.34 bits per heavy atom. The molecule has 10 nitrogen and oxygen atoms in total. The fraction of sp³-hybridized carbons (Fsp3) is 0.370. The van der Waals surface area contributed by atoms with E-state index >= 15 is 0 Å². The molecule has 1 aliphatic heterocycles. The monoisotopic (exact) mass is 594 g/mol. The molecule has 0 spiro atoms. The van der Waals surface area contributed by atoms with Crippen LogP contribution in [0, 0.1) is 0 Å². The summed E-state index contributed by atoms with van der Waals surface area (Å²) in [6, 6.07) is 13.0. The largest absolute Gasteiger partial charge is 0.490 e. The molecule has 3 aromatic rings. The molecule has 1 atom stereocenters. The molecule has 3 heterocycles. The number of hydrogen-bond donors (Lipinski definition) is 1. The van der Waals surface area contributed by atoms with Gasteiger partial charge in [0, 0.05) is 36.8 Å². The number of carboxylic acid groups (broad SMARTS) is 1. The second-order valence-corrected chi connectivity index (χ2v) is 10.6. The minimum Gasteiger partial charge on any atom is -0.490 e. The van der Waals surface area contributed by atoms with E-state index in [-0.39, 0.29) is 18.6 Å². The van der Waals surface area contributed by atoms with E-state index in [0.29, 0.717) is 31.1 Å². The number of carbonyl (C=O) groups excluding carboxylic acids is 2. The third kappa shape index (κ3) is 9.45. The van der Waals surface area contributed by atoms with E-state index in [9.17, 15) is 22.8 Å². The van der Waals surface area contributed by atoms with Crippen LogP contribution in [0.15, 0.2) is 60.2 Å². The molecule has 1 aliphatic rings. The van der Waals surface area contributed by atoms with E-state index in [1.54, 1.807) is 39.7 Å². The number of rotatable bonds is 5. The molecule has 1 fully saturated rings. The maximum absolute atomic E-state index is 13.4. The van der Waals surface area contributed by atoms with Gasteiger partial charge >= 0.3 is 18.2 Å². The first-order chi connectivity index (χ1) is 19.2. The summed E-state index contributed by atoms with van der Waals surface area (Å²) < 4.78 is 43.2. The Bertz CT molecular complexity index is 1320. The zero-order valence-electron chi connectivity index (χ0n) is 22.5. The van der Waals surface area contributed by atoms with E-state index < -0.39 is 23.8 Å². The molecule has 2 amide bonds. The first-order valence-electron chi connectivity index (χ1n) is 12.4. The number of ether oxygens (including phenoxy) is 2. The van der Waals surface area contributed by atoms with Crippen molar-refractivity contribution >= 4 is 29.3 Å². The third-order valence-corrected chi connectivity index (χ3v) is 6.35. The number of carboxylic acids is 1. The summed E-state index contributed by atoms with van der Waals surface area (Å²) in [6.45, 7) is 6.75. The number of amides is 2. The summed E-state index contributed by atoms with van der Waals surface area (Å²) >= 11 is 1.44. The molecule has 0 saturated carbocycles. The predicted molar refractivity (Wildman–Crippen MR) is 144 cm³/mol. The van der Waals surface area contributed by atoms with Gasteiger partial charge in [-0.3, -0.25) is 9.78 Å². The summed E-state index contributed by atoms with van der Waals surface area (Å²) in [4.78, 5) is 47.0. The van der Waals surface area contributed by atoms with Crippen LogP contribution < -0.4 is 4.74 Å². The Morgan fingerprint density at radius 1 is 1.07 bits per heavy atom. The number of carbonyl (C=O) groups is 3. The Morgan fingerprint density at radius 2 is 1.76 bits per heavy atom. The van der Waals surface area contributed by atoms with Gasteiger partial charge in [-0.1, -0.05) is 30.3 Å². The minimum atomic E-state index is -5.08. The van der Waals surface area contributed by atoms with Crippen LogP contribution in [0.25, 0.3) is 10.6 Å². The van der Waals surface area contributed by atoms with Crippen LogP contribution >= 0.6 is 11.3 Å². The van der Waals surface area contributed by atoms with Crippen LogP contribution in [-0.4, -0.2) is 86.9 Å². The van der Waals surface area contributed by atoms with Crippen LogP contribution in [-0.2, 0) is 9.53 Å². The molecular formula is C27H29F3N4O6S. The number of piperazine rings is 1. The molecule has 0 bridgehead atoms. The van der Waals surface area contributed by atoms with Crippen molar-refractivity contribution in [2.45, 2.75) is 38.6 Å². The topological polar surface area (TPSA) is 122 Å². The van der Waals surface area contributed by atoms with Crippen molar-refractivity contribution in [3.8, 4) is 16.3 Å². The zero-order chi connectivity index (χ0) is 30.2. The number of hydrogen-bond acceptors (Lipinski definition) is 8.